The number of aliphatic hydroxyl groups is 3. The summed E-state index contributed by atoms with van der Waals surface area (Å²) in [4.78, 5) is 12.4. The lowest BCUT2D eigenvalue weighted by Gasteiger charge is -2.63. The van der Waals surface area contributed by atoms with E-state index in [2.05, 4.69) is 48.5 Å². The predicted molar refractivity (Wildman–Crippen MR) is 144 cm³/mol. The average molecular weight is 517 g/mol. The molecule has 4 fully saturated rings. The highest BCUT2D eigenvalue weighted by Crippen LogP contribution is 2.71. The molecule has 3 N–H and O–H groups in total. The fraction of sp³-hybridized carbons (Fsp3) is 0.906. The van der Waals surface area contributed by atoms with Crippen LogP contribution in [0.1, 0.15) is 93.9 Å². The Hall–Kier alpha value is -0.910. The largest absolute Gasteiger partial charge is 0.459 e. The van der Waals surface area contributed by atoms with Crippen LogP contribution >= 0.6 is 0 Å². The molecule has 0 heterocycles. The summed E-state index contributed by atoms with van der Waals surface area (Å²) in [6, 6.07) is 0. The van der Waals surface area contributed by atoms with Gasteiger partial charge in [-0.15, -0.1) is 0 Å². The first-order chi connectivity index (χ1) is 17.2. The molecular formula is C32H52O5. The summed E-state index contributed by atoms with van der Waals surface area (Å²) in [5.74, 6) is 2.36. The van der Waals surface area contributed by atoms with Crippen molar-refractivity contribution in [2.45, 2.75) is 118 Å². The summed E-state index contributed by atoms with van der Waals surface area (Å²) in [7, 11) is 0. The highest BCUT2D eigenvalue weighted by Gasteiger charge is 2.70. The molecule has 14 atom stereocenters. The first-order valence-electron chi connectivity index (χ1n) is 15.1. The molecule has 37 heavy (non-hydrogen) atoms. The van der Waals surface area contributed by atoms with Crippen LogP contribution in [-0.2, 0) is 9.53 Å². The Morgan fingerprint density at radius 2 is 1.70 bits per heavy atom. The van der Waals surface area contributed by atoms with Crippen LogP contribution in [-0.4, -0.2) is 45.7 Å². The van der Waals surface area contributed by atoms with Crippen molar-refractivity contribution in [1.29, 1.82) is 0 Å². The van der Waals surface area contributed by atoms with E-state index in [0.717, 1.165) is 24.8 Å². The Bertz CT molecular complexity index is 943. The molecule has 5 rings (SSSR count). The minimum atomic E-state index is -0.764. The Balaban J connectivity index is 1.52. The zero-order valence-electron chi connectivity index (χ0n) is 24.4. The van der Waals surface area contributed by atoms with Crippen molar-refractivity contribution in [3.63, 3.8) is 0 Å². The molecule has 5 nitrogen and oxygen atoms in total. The van der Waals surface area contributed by atoms with E-state index < -0.39 is 29.8 Å². The van der Waals surface area contributed by atoms with Gasteiger partial charge < -0.3 is 20.1 Å². The maximum Gasteiger partial charge on any atom is 0.303 e. The molecule has 0 aromatic carbocycles. The summed E-state index contributed by atoms with van der Waals surface area (Å²) in [5.41, 5.74) is 0.712. The molecule has 5 aliphatic rings. The van der Waals surface area contributed by atoms with Crippen LogP contribution in [0.3, 0.4) is 0 Å². The van der Waals surface area contributed by atoms with E-state index in [0.29, 0.717) is 47.8 Å². The number of hydrogen-bond donors (Lipinski definition) is 3. The predicted octanol–water partition coefficient (Wildman–Crippen LogP) is 5.36. The van der Waals surface area contributed by atoms with Gasteiger partial charge in [0, 0.05) is 18.3 Å². The summed E-state index contributed by atoms with van der Waals surface area (Å²) in [6.07, 6.45) is 4.91. The molecule has 210 valence electrons. The van der Waals surface area contributed by atoms with Crippen LogP contribution < -0.4 is 0 Å². The number of esters is 1. The highest BCUT2D eigenvalue weighted by molar-refractivity contribution is 5.66. The van der Waals surface area contributed by atoms with Gasteiger partial charge in [0.05, 0.1) is 18.3 Å². The van der Waals surface area contributed by atoms with Crippen molar-refractivity contribution >= 4 is 5.97 Å². The van der Waals surface area contributed by atoms with Crippen molar-refractivity contribution < 1.29 is 24.9 Å². The summed E-state index contributed by atoms with van der Waals surface area (Å²) >= 11 is 0. The van der Waals surface area contributed by atoms with E-state index in [-0.39, 0.29) is 29.1 Å². The Labute approximate surface area is 224 Å². The zero-order chi connectivity index (χ0) is 27.2. The number of hydrogen-bond acceptors (Lipinski definition) is 5. The van der Waals surface area contributed by atoms with E-state index in [4.69, 9.17) is 4.74 Å². The summed E-state index contributed by atoms with van der Waals surface area (Å²) in [6.45, 7) is 17.8. The molecular weight excluding hydrogens is 464 g/mol. The molecule has 0 bridgehead atoms. The number of carbonyl (C=O) groups is 1. The van der Waals surface area contributed by atoms with Crippen molar-refractivity contribution in [2.24, 2.45) is 63.6 Å². The fourth-order valence-electron chi connectivity index (χ4n) is 10.7. The Morgan fingerprint density at radius 1 is 1.03 bits per heavy atom. The van der Waals surface area contributed by atoms with Crippen LogP contribution in [0, 0.1) is 63.6 Å². The third-order valence-corrected chi connectivity index (χ3v) is 13.2. The van der Waals surface area contributed by atoms with Crippen molar-refractivity contribution in [3.05, 3.63) is 11.6 Å². The van der Waals surface area contributed by atoms with Gasteiger partial charge >= 0.3 is 5.97 Å². The van der Waals surface area contributed by atoms with Gasteiger partial charge in [-0.1, -0.05) is 60.1 Å². The SMILES string of the molecule is CC(=O)OC1C2C(C(O)C=C3CC(O)CCC32C)C2CCC(C(C)C3CC3(C)C(C)C(C)C)C2(C)C1O. The smallest absolute Gasteiger partial charge is 0.303 e. The second-order valence-corrected chi connectivity index (χ2v) is 15.0. The van der Waals surface area contributed by atoms with Crippen molar-refractivity contribution in [1.82, 2.24) is 0 Å². The molecule has 0 saturated heterocycles. The molecule has 0 aromatic rings. The van der Waals surface area contributed by atoms with Gasteiger partial charge in [-0.3, -0.25) is 4.79 Å². The molecule has 0 spiro atoms. The van der Waals surface area contributed by atoms with E-state index in [1.807, 2.05) is 6.08 Å². The standard InChI is InChI=1S/C32H52O5/c1-16(2)18(4)31(7)15-24(31)17(3)22-9-10-23-26-25(35)14-20-13-21(34)11-12-30(20,6)27(26)28(37-19(5)33)29(36)32(22,23)8/h14,16-18,21-29,34-36H,9-13,15H2,1-8H3. The quantitative estimate of drug-likeness (QED) is 0.338. The maximum atomic E-state index is 12.4. The van der Waals surface area contributed by atoms with Gasteiger partial charge in [0.1, 0.15) is 6.10 Å². The van der Waals surface area contributed by atoms with E-state index in [9.17, 15) is 20.1 Å². The fourth-order valence-corrected chi connectivity index (χ4v) is 10.7. The van der Waals surface area contributed by atoms with Gasteiger partial charge in [-0.05, 0) is 90.8 Å². The molecule has 4 saturated carbocycles. The van der Waals surface area contributed by atoms with Gasteiger partial charge in [0.25, 0.3) is 0 Å². The minimum absolute atomic E-state index is 0.0564. The monoisotopic (exact) mass is 516 g/mol. The first-order valence-corrected chi connectivity index (χ1v) is 15.1. The first kappa shape index (κ1) is 27.6. The maximum absolute atomic E-state index is 12.4. The Morgan fingerprint density at radius 3 is 2.32 bits per heavy atom. The van der Waals surface area contributed by atoms with Gasteiger partial charge in [-0.2, -0.15) is 0 Å². The summed E-state index contributed by atoms with van der Waals surface area (Å²) in [5, 5.41) is 34.3. The molecule has 14 unspecified atom stereocenters. The molecule has 0 aliphatic heterocycles. The molecule has 0 aromatic heterocycles. The average Bonchev–Trinajstić information content (AvgIpc) is 3.39. The number of ether oxygens (including phenoxy) is 1. The van der Waals surface area contributed by atoms with Crippen LogP contribution in [0.15, 0.2) is 11.6 Å². The van der Waals surface area contributed by atoms with Gasteiger partial charge in [0.15, 0.2) is 0 Å². The van der Waals surface area contributed by atoms with Gasteiger partial charge in [0.2, 0.25) is 0 Å². The van der Waals surface area contributed by atoms with E-state index in [1.54, 1.807) is 0 Å². The van der Waals surface area contributed by atoms with Crippen LogP contribution in [0.25, 0.3) is 0 Å². The normalized spacial score (nSPS) is 52.4. The number of aliphatic hydroxyl groups excluding tert-OH is 3. The van der Waals surface area contributed by atoms with Crippen molar-refractivity contribution in [2.75, 3.05) is 0 Å². The van der Waals surface area contributed by atoms with Crippen molar-refractivity contribution in [3.8, 4) is 0 Å². The molecule has 0 radical (unpaired) electrons. The van der Waals surface area contributed by atoms with Crippen LogP contribution in [0.5, 0.6) is 0 Å². The Kier molecular flexibility index (Phi) is 6.77. The third-order valence-electron chi connectivity index (χ3n) is 13.2. The number of carbonyl (C=O) groups excluding carboxylic acids is 1. The highest BCUT2D eigenvalue weighted by atomic mass is 16.6. The zero-order valence-corrected chi connectivity index (χ0v) is 24.4. The topological polar surface area (TPSA) is 87.0 Å². The number of rotatable bonds is 5. The lowest BCUT2D eigenvalue weighted by Crippen LogP contribution is -2.67. The second-order valence-electron chi connectivity index (χ2n) is 15.0. The van der Waals surface area contributed by atoms with E-state index >= 15 is 0 Å². The minimum Gasteiger partial charge on any atom is -0.459 e. The number of fused-ring (bicyclic) bond motifs is 5. The second kappa shape index (κ2) is 9.06. The lowest BCUT2D eigenvalue weighted by atomic mass is 9.44. The molecule has 5 aliphatic carbocycles. The molecule has 0 amide bonds. The van der Waals surface area contributed by atoms with E-state index in [1.165, 1.54) is 13.3 Å². The lowest BCUT2D eigenvalue weighted by molar-refractivity contribution is -0.230. The third kappa shape index (κ3) is 3.91. The van der Waals surface area contributed by atoms with Crippen LogP contribution in [0.4, 0.5) is 0 Å². The van der Waals surface area contributed by atoms with Crippen LogP contribution in [0.2, 0.25) is 0 Å². The molecule has 5 heteroatoms. The van der Waals surface area contributed by atoms with Gasteiger partial charge in [-0.25, -0.2) is 0 Å². The summed E-state index contributed by atoms with van der Waals surface area (Å²) < 4.78 is 6.06.